The van der Waals surface area contributed by atoms with Crippen LogP contribution in [0, 0.1) is 12.8 Å². The highest BCUT2D eigenvalue weighted by atomic mass is 32.1. The van der Waals surface area contributed by atoms with E-state index in [2.05, 4.69) is 20.8 Å². The maximum absolute atomic E-state index is 12.9. The standard InChI is InChI=1S/C21H24N4O2S2/c1-4-14(3)18(22-17(26)12-16-9-6-10-28-16)19(27)23-21-25-24-20(29-21)15-8-5-7-13(2)11-15/h5-11,14,18H,4,12H2,1-3H3,(H,22,26)(H,23,25,27). The minimum Gasteiger partial charge on any atom is -0.344 e. The average Bonchev–Trinajstić information content (AvgIpc) is 3.37. The Morgan fingerprint density at radius 3 is 2.69 bits per heavy atom. The van der Waals surface area contributed by atoms with Gasteiger partial charge in [-0.25, -0.2) is 0 Å². The lowest BCUT2D eigenvalue weighted by Crippen LogP contribution is -2.48. The Hall–Kier alpha value is -2.58. The van der Waals surface area contributed by atoms with E-state index in [1.54, 1.807) is 0 Å². The van der Waals surface area contributed by atoms with Gasteiger partial charge in [-0.3, -0.25) is 14.9 Å². The van der Waals surface area contributed by atoms with Gasteiger partial charge in [0.25, 0.3) is 0 Å². The van der Waals surface area contributed by atoms with Crippen molar-refractivity contribution in [2.75, 3.05) is 5.32 Å². The number of aromatic nitrogens is 2. The van der Waals surface area contributed by atoms with Crippen molar-refractivity contribution in [1.29, 1.82) is 0 Å². The molecule has 3 rings (SSSR count). The van der Waals surface area contributed by atoms with Gasteiger partial charge in [-0.15, -0.1) is 21.5 Å². The van der Waals surface area contributed by atoms with Crippen molar-refractivity contribution >= 4 is 39.6 Å². The molecule has 2 amide bonds. The van der Waals surface area contributed by atoms with E-state index in [0.717, 1.165) is 27.4 Å². The van der Waals surface area contributed by atoms with Gasteiger partial charge in [0.2, 0.25) is 16.9 Å². The molecule has 0 saturated heterocycles. The lowest BCUT2D eigenvalue weighted by atomic mass is 9.98. The Kier molecular flexibility index (Phi) is 7.11. The first kappa shape index (κ1) is 21.1. The van der Waals surface area contributed by atoms with Crippen LogP contribution in [-0.2, 0) is 16.0 Å². The van der Waals surface area contributed by atoms with Gasteiger partial charge < -0.3 is 5.32 Å². The molecular weight excluding hydrogens is 404 g/mol. The third-order valence-corrected chi connectivity index (χ3v) is 6.41. The molecule has 0 aliphatic rings. The summed E-state index contributed by atoms with van der Waals surface area (Å²) < 4.78 is 0. The third-order valence-electron chi connectivity index (χ3n) is 4.65. The third kappa shape index (κ3) is 5.71. The molecule has 2 heterocycles. The van der Waals surface area contributed by atoms with Crippen LogP contribution in [0.3, 0.4) is 0 Å². The number of rotatable bonds is 8. The van der Waals surface area contributed by atoms with Crippen molar-refractivity contribution in [3.63, 3.8) is 0 Å². The highest BCUT2D eigenvalue weighted by Gasteiger charge is 2.27. The number of benzene rings is 1. The molecule has 152 valence electrons. The van der Waals surface area contributed by atoms with Crippen molar-refractivity contribution in [2.45, 2.75) is 39.7 Å². The molecule has 2 atom stereocenters. The summed E-state index contributed by atoms with van der Waals surface area (Å²) in [6, 6.07) is 11.2. The molecule has 2 unspecified atom stereocenters. The normalized spacial score (nSPS) is 12.9. The number of hydrogen-bond acceptors (Lipinski definition) is 6. The Bertz CT molecular complexity index is 969. The van der Waals surface area contributed by atoms with Crippen LogP contribution >= 0.6 is 22.7 Å². The van der Waals surface area contributed by atoms with Crippen LogP contribution in [0.5, 0.6) is 0 Å². The summed E-state index contributed by atoms with van der Waals surface area (Å²) in [5, 5.41) is 17.1. The van der Waals surface area contributed by atoms with Crippen LogP contribution in [-0.4, -0.2) is 28.1 Å². The molecule has 6 nitrogen and oxygen atoms in total. The van der Waals surface area contributed by atoms with E-state index in [1.807, 2.05) is 62.5 Å². The summed E-state index contributed by atoms with van der Waals surface area (Å²) in [7, 11) is 0. The first-order valence-corrected chi connectivity index (χ1v) is 11.2. The van der Waals surface area contributed by atoms with E-state index < -0.39 is 6.04 Å². The number of nitrogens with zero attached hydrogens (tertiary/aromatic N) is 2. The number of amides is 2. The molecule has 0 bridgehead atoms. The lowest BCUT2D eigenvalue weighted by Gasteiger charge is -2.22. The number of anilines is 1. The monoisotopic (exact) mass is 428 g/mol. The van der Waals surface area contributed by atoms with Crippen LogP contribution < -0.4 is 10.6 Å². The molecule has 3 aromatic rings. The summed E-state index contributed by atoms with van der Waals surface area (Å²) >= 11 is 2.84. The van der Waals surface area contributed by atoms with E-state index in [0.29, 0.717) is 5.13 Å². The molecule has 0 spiro atoms. The van der Waals surface area contributed by atoms with Crippen LogP contribution in [0.2, 0.25) is 0 Å². The lowest BCUT2D eigenvalue weighted by molar-refractivity contribution is -0.127. The number of thiophene rings is 1. The molecule has 29 heavy (non-hydrogen) atoms. The summed E-state index contributed by atoms with van der Waals surface area (Å²) in [5.74, 6) is -0.442. The van der Waals surface area contributed by atoms with Gasteiger partial charge in [-0.1, -0.05) is 61.4 Å². The highest BCUT2D eigenvalue weighted by Crippen LogP contribution is 2.27. The molecule has 0 saturated carbocycles. The fourth-order valence-corrected chi connectivity index (χ4v) is 4.30. The van der Waals surface area contributed by atoms with Gasteiger partial charge in [0.1, 0.15) is 11.0 Å². The second-order valence-electron chi connectivity index (χ2n) is 6.96. The molecule has 0 aliphatic carbocycles. The Morgan fingerprint density at radius 2 is 2.00 bits per heavy atom. The van der Waals surface area contributed by atoms with Crippen molar-refractivity contribution < 1.29 is 9.59 Å². The molecule has 0 aliphatic heterocycles. The highest BCUT2D eigenvalue weighted by molar-refractivity contribution is 7.18. The fourth-order valence-electron chi connectivity index (χ4n) is 2.85. The zero-order chi connectivity index (χ0) is 20.8. The number of carbonyl (C=O) groups excluding carboxylic acids is 2. The molecule has 8 heteroatoms. The maximum Gasteiger partial charge on any atom is 0.249 e. The minimum absolute atomic E-state index is 0.00792. The Labute approximate surface area is 178 Å². The van der Waals surface area contributed by atoms with Crippen LogP contribution in [0.25, 0.3) is 10.6 Å². The molecular formula is C21H24N4O2S2. The summed E-state index contributed by atoms with van der Waals surface area (Å²) in [6.45, 7) is 5.97. The van der Waals surface area contributed by atoms with Crippen molar-refractivity contribution in [1.82, 2.24) is 15.5 Å². The van der Waals surface area contributed by atoms with E-state index in [4.69, 9.17) is 0 Å². The molecule has 0 fully saturated rings. The second-order valence-corrected chi connectivity index (χ2v) is 8.97. The number of carbonyl (C=O) groups is 2. The van der Waals surface area contributed by atoms with Crippen LogP contribution in [0.15, 0.2) is 41.8 Å². The summed E-state index contributed by atoms with van der Waals surface area (Å²) in [6.07, 6.45) is 1.04. The van der Waals surface area contributed by atoms with E-state index in [-0.39, 0.29) is 24.2 Å². The maximum atomic E-state index is 12.9. The fraction of sp³-hybridized carbons (Fsp3) is 0.333. The van der Waals surface area contributed by atoms with Gasteiger partial charge >= 0.3 is 0 Å². The van der Waals surface area contributed by atoms with E-state index in [9.17, 15) is 9.59 Å². The molecule has 2 aromatic heterocycles. The largest absolute Gasteiger partial charge is 0.344 e. The van der Waals surface area contributed by atoms with Gasteiger partial charge in [0, 0.05) is 10.4 Å². The number of nitrogens with one attached hydrogen (secondary N) is 2. The SMILES string of the molecule is CCC(C)C(NC(=O)Cc1cccs1)C(=O)Nc1nnc(-c2cccc(C)c2)s1. The summed E-state index contributed by atoms with van der Waals surface area (Å²) in [5.41, 5.74) is 2.10. The Balaban J connectivity index is 1.67. The van der Waals surface area contributed by atoms with Crippen LogP contribution in [0.4, 0.5) is 5.13 Å². The van der Waals surface area contributed by atoms with E-state index >= 15 is 0 Å². The predicted molar refractivity (Wildman–Crippen MR) is 118 cm³/mol. The molecule has 2 N–H and O–H groups in total. The first-order valence-electron chi connectivity index (χ1n) is 9.49. The number of aryl methyl sites for hydroxylation is 1. The van der Waals surface area contributed by atoms with Crippen molar-refractivity contribution in [3.05, 3.63) is 52.2 Å². The molecule has 0 radical (unpaired) electrons. The molecule has 1 aromatic carbocycles. The Morgan fingerprint density at radius 1 is 1.17 bits per heavy atom. The van der Waals surface area contributed by atoms with Gasteiger partial charge in [-0.05, 0) is 30.4 Å². The van der Waals surface area contributed by atoms with Crippen molar-refractivity contribution in [2.24, 2.45) is 5.92 Å². The van der Waals surface area contributed by atoms with Gasteiger partial charge in [0.05, 0.1) is 6.42 Å². The quantitative estimate of drug-likeness (QED) is 0.561. The topological polar surface area (TPSA) is 84.0 Å². The van der Waals surface area contributed by atoms with Gasteiger partial charge in [0.15, 0.2) is 0 Å². The average molecular weight is 429 g/mol. The minimum atomic E-state index is -0.626. The van der Waals surface area contributed by atoms with Gasteiger partial charge in [-0.2, -0.15) is 0 Å². The first-order chi connectivity index (χ1) is 14.0. The van der Waals surface area contributed by atoms with Crippen LogP contribution in [0.1, 0.15) is 30.7 Å². The number of hydrogen-bond donors (Lipinski definition) is 2. The summed E-state index contributed by atoms with van der Waals surface area (Å²) in [4.78, 5) is 26.2. The zero-order valence-electron chi connectivity index (χ0n) is 16.6. The van der Waals surface area contributed by atoms with Crippen molar-refractivity contribution in [3.8, 4) is 10.6 Å². The predicted octanol–water partition coefficient (Wildman–Crippen LogP) is 4.29. The zero-order valence-corrected chi connectivity index (χ0v) is 18.3. The smallest absolute Gasteiger partial charge is 0.249 e. The second kappa shape index (κ2) is 9.76. The van der Waals surface area contributed by atoms with E-state index in [1.165, 1.54) is 22.7 Å².